The predicted octanol–water partition coefficient (Wildman–Crippen LogP) is 1.82. The minimum absolute atomic E-state index is 0.0632. The molecule has 0 amide bonds. The van der Waals surface area contributed by atoms with Crippen molar-refractivity contribution in [3.63, 3.8) is 0 Å². The zero-order valence-electron chi connectivity index (χ0n) is 9.38. The van der Waals surface area contributed by atoms with Crippen molar-refractivity contribution >= 4 is 10.1 Å². The lowest BCUT2D eigenvalue weighted by Crippen LogP contribution is -2.17. The average molecular weight is 244 g/mol. The molecule has 0 saturated heterocycles. The average Bonchev–Trinajstić information content (AvgIpc) is 2.17. The molecule has 0 aliphatic heterocycles. The van der Waals surface area contributed by atoms with Crippen LogP contribution in [0.15, 0.2) is 29.2 Å². The summed E-state index contributed by atoms with van der Waals surface area (Å²) in [4.78, 5) is 0.0632. The van der Waals surface area contributed by atoms with Crippen LogP contribution in [0.2, 0.25) is 0 Å². The van der Waals surface area contributed by atoms with Gasteiger partial charge in [-0.15, -0.1) is 0 Å². The number of rotatable bonds is 5. The summed E-state index contributed by atoms with van der Waals surface area (Å²) in [6.07, 6.45) is -0.313. The largest absolute Gasteiger partial charge is 0.367 e. The Morgan fingerprint density at radius 1 is 1.31 bits per heavy atom. The standard InChI is InChI=1S/C11H16O4S/c1-3-4-11(12)15-16(13,14)10-7-5-9(2)6-8-10/h5-8,11-12H,3-4H2,1-2H3/t11-/m0/s1. The third kappa shape index (κ3) is 3.59. The normalized spacial score (nSPS) is 13.7. The van der Waals surface area contributed by atoms with Gasteiger partial charge in [-0.2, -0.15) is 8.42 Å². The second-order valence-electron chi connectivity index (χ2n) is 3.61. The highest BCUT2D eigenvalue weighted by Crippen LogP contribution is 2.15. The maximum atomic E-state index is 11.6. The Bertz CT molecular complexity index is 422. The number of hydrogen-bond acceptors (Lipinski definition) is 4. The van der Waals surface area contributed by atoms with E-state index in [0.717, 1.165) is 5.56 Å². The summed E-state index contributed by atoms with van der Waals surface area (Å²) in [7, 11) is -3.85. The van der Waals surface area contributed by atoms with E-state index in [-0.39, 0.29) is 4.90 Å². The van der Waals surface area contributed by atoms with Gasteiger partial charge in [0.1, 0.15) is 0 Å². The van der Waals surface area contributed by atoms with Crippen LogP contribution in [0.4, 0.5) is 0 Å². The highest BCUT2D eigenvalue weighted by molar-refractivity contribution is 7.86. The molecule has 0 spiro atoms. The van der Waals surface area contributed by atoms with E-state index >= 15 is 0 Å². The highest BCUT2D eigenvalue weighted by Gasteiger charge is 2.19. The predicted molar refractivity (Wildman–Crippen MR) is 60.4 cm³/mol. The molecule has 1 rings (SSSR count). The van der Waals surface area contributed by atoms with Crippen LogP contribution < -0.4 is 0 Å². The van der Waals surface area contributed by atoms with Crippen molar-refractivity contribution < 1.29 is 17.7 Å². The van der Waals surface area contributed by atoms with E-state index in [1.807, 2.05) is 13.8 Å². The molecule has 0 aromatic heterocycles. The van der Waals surface area contributed by atoms with Crippen molar-refractivity contribution in [2.45, 2.75) is 37.9 Å². The van der Waals surface area contributed by atoms with E-state index in [9.17, 15) is 13.5 Å². The molecule has 0 fully saturated rings. The first-order valence-corrected chi connectivity index (χ1v) is 6.54. The van der Waals surface area contributed by atoms with Gasteiger partial charge >= 0.3 is 0 Å². The highest BCUT2D eigenvalue weighted by atomic mass is 32.2. The van der Waals surface area contributed by atoms with Crippen molar-refractivity contribution in [3.8, 4) is 0 Å². The van der Waals surface area contributed by atoms with Crippen LogP contribution in [-0.4, -0.2) is 19.8 Å². The number of aryl methyl sites for hydroxylation is 1. The van der Waals surface area contributed by atoms with Crippen LogP contribution in [0, 0.1) is 6.92 Å². The smallest absolute Gasteiger partial charge is 0.299 e. The summed E-state index contributed by atoms with van der Waals surface area (Å²) < 4.78 is 27.9. The lowest BCUT2D eigenvalue weighted by Gasteiger charge is -2.10. The van der Waals surface area contributed by atoms with Crippen molar-refractivity contribution in [2.24, 2.45) is 0 Å². The third-order valence-electron chi connectivity index (χ3n) is 2.08. The van der Waals surface area contributed by atoms with Gasteiger partial charge in [0.15, 0.2) is 6.29 Å². The molecule has 5 heteroatoms. The summed E-state index contributed by atoms with van der Waals surface area (Å²) in [5.74, 6) is 0. The molecule has 1 aromatic rings. The topological polar surface area (TPSA) is 63.6 Å². The summed E-state index contributed by atoms with van der Waals surface area (Å²) in [5.41, 5.74) is 0.966. The summed E-state index contributed by atoms with van der Waals surface area (Å²) in [5, 5.41) is 9.30. The van der Waals surface area contributed by atoms with Crippen molar-refractivity contribution in [3.05, 3.63) is 29.8 Å². The zero-order valence-corrected chi connectivity index (χ0v) is 10.2. The van der Waals surface area contributed by atoms with Gasteiger partial charge in [-0.3, -0.25) is 0 Å². The molecule has 0 saturated carbocycles. The first-order chi connectivity index (χ1) is 7.45. The lowest BCUT2D eigenvalue weighted by atomic mass is 10.2. The lowest BCUT2D eigenvalue weighted by molar-refractivity contribution is -0.0179. The Kier molecular flexibility index (Phi) is 4.46. The number of benzene rings is 1. The van der Waals surface area contributed by atoms with Crippen LogP contribution in [0.1, 0.15) is 25.3 Å². The van der Waals surface area contributed by atoms with Crippen LogP contribution in [0.25, 0.3) is 0 Å². The summed E-state index contributed by atoms with van der Waals surface area (Å²) >= 11 is 0. The van der Waals surface area contributed by atoms with Crippen LogP contribution in [0.3, 0.4) is 0 Å². The molecule has 16 heavy (non-hydrogen) atoms. The number of aliphatic hydroxyl groups excluding tert-OH is 1. The SMILES string of the molecule is CCC[C@@H](O)OS(=O)(=O)c1ccc(C)cc1. The fourth-order valence-corrected chi connectivity index (χ4v) is 2.17. The van der Waals surface area contributed by atoms with Gasteiger partial charge in [-0.05, 0) is 25.5 Å². The summed E-state index contributed by atoms with van der Waals surface area (Å²) in [6.45, 7) is 3.70. The molecule has 0 bridgehead atoms. The van der Waals surface area contributed by atoms with E-state index in [0.29, 0.717) is 12.8 Å². The molecule has 90 valence electrons. The molecule has 0 radical (unpaired) electrons. The Morgan fingerprint density at radius 2 is 1.88 bits per heavy atom. The van der Waals surface area contributed by atoms with E-state index in [2.05, 4.69) is 4.18 Å². The van der Waals surface area contributed by atoms with Gasteiger partial charge < -0.3 is 5.11 Å². The monoisotopic (exact) mass is 244 g/mol. The molecular weight excluding hydrogens is 228 g/mol. The Balaban J connectivity index is 2.82. The van der Waals surface area contributed by atoms with Crippen LogP contribution >= 0.6 is 0 Å². The van der Waals surface area contributed by atoms with Gasteiger partial charge in [0.05, 0.1) is 4.90 Å². The molecular formula is C11H16O4S. The van der Waals surface area contributed by atoms with Gasteiger partial charge in [-0.25, -0.2) is 4.18 Å². The molecule has 0 aliphatic carbocycles. The Hall–Kier alpha value is -0.910. The second kappa shape index (κ2) is 5.43. The fraction of sp³-hybridized carbons (Fsp3) is 0.455. The maximum absolute atomic E-state index is 11.6. The van der Waals surface area contributed by atoms with E-state index in [4.69, 9.17) is 0 Å². The van der Waals surface area contributed by atoms with Crippen molar-refractivity contribution in [1.82, 2.24) is 0 Å². The molecule has 0 unspecified atom stereocenters. The maximum Gasteiger partial charge on any atom is 0.299 e. The van der Waals surface area contributed by atoms with E-state index < -0.39 is 16.4 Å². The minimum atomic E-state index is -3.85. The number of aliphatic hydroxyl groups is 1. The third-order valence-corrected chi connectivity index (χ3v) is 3.41. The molecule has 1 N–H and O–H groups in total. The molecule has 0 heterocycles. The molecule has 4 nitrogen and oxygen atoms in total. The molecule has 1 aromatic carbocycles. The van der Waals surface area contributed by atoms with Crippen molar-refractivity contribution in [1.29, 1.82) is 0 Å². The van der Waals surface area contributed by atoms with E-state index in [1.165, 1.54) is 12.1 Å². The second-order valence-corrected chi connectivity index (χ2v) is 5.18. The zero-order chi connectivity index (χ0) is 12.2. The molecule has 1 atom stereocenters. The Labute approximate surface area is 96.0 Å². The minimum Gasteiger partial charge on any atom is -0.367 e. The first-order valence-electron chi connectivity index (χ1n) is 5.13. The quantitative estimate of drug-likeness (QED) is 0.634. The van der Waals surface area contributed by atoms with Gasteiger partial charge in [0, 0.05) is 0 Å². The van der Waals surface area contributed by atoms with Gasteiger partial charge in [-0.1, -0.05) is 31.0 Å². The van der Waals surface area contributed by atoms with Crippen LogP contribution in [0.5, 0.6) is 0 Å². The number of hydrogen-bond donors (Lipinski definition) is 1. The van der Waals surface area contributed by atoms with Crippen LogP contribution in [-0.2, 0) is 14.3 Å². The molecule has 0 aliphatic rings. The Morgan fingerprint density at radius 3 is 2.38 bits per heavy atom. The van der Waals surface area contributed by atoms with Crippen molar-refractivity contribution in [2.75, 3.05) is 0 Å². The van der Waals surface area contributed by atoms with Gasteiger partial charge in [0.2, 0.25) is 0 Å². The van der Waals surface area contributed by atoms with Gasteiger partial charge in [0.25, 0.3) is 10.1 Å². The first kappa shape index (κ1) is 13.2. The fourth-order valence-electron chi connectivity index (χ4n) is 1.20. The summed E-state index contributed by atoms with van der Waals surface area (Å²) in [6, 6.07) is 6.29. The van der Waals surface area contributed by atoms with E-state index in [1.54, 1.807) is 12.1 Å².